The lowest BCUT2D eigenvalue weighted by Crippen LogP contribution is -2.25. The molecule has 7 nitrogen and oxygen atoms in total. The molecule has 0 atom stereocenters. The summed E-state index contributed by atoms with van der Waals surface area (Å²) in [4.78, 5) is 27.3. The fraction of sp³-hybridized carbons (Fsp3) is 0.133. The summed E-state index contributed by atoms with van der Waals surface area (Å²) in [5.74, 6) is 0.269. The van der Waals surface area contributed by atoms with Gasteiger partial charge in [-0.15, -0.1) is 0 Å². The van der Waals surface area contributed by atoms with Crippen LogP contribution in [0.4, 0.5) is 0 Å². The van der Waals surface area contributed by atoms with Gasteiger partial charge in [0, 0.05) is 12.6 Å². The Labute approximate surface area is 216 Å². The minimum absolute atomic E-state index is 0.192. The Morgan fingerprint density at radius 3 is 1.43 bits per heavy atom. The van der Waals surface area contributed by atoms with Crippen LogP contribution in [-0.4, -0.2) is 36.2 Å². The lowest BCUT2D eigenvalue weighted by Gasteiger charge is -2.13. The van der Waals surface area contributed by atoms with Crippen LogP contribution >= 0.6 is 0 Å². The molecule has 4 rings (SSSR count). The number of carboxylic acids is 1. The summed E-state index contributed by atoms with van der Waals surface area (Å²) in [7, 11) is 3.03. The summed E-state index contributed by atoms with van der Waals surface area (Å²) in [6.07, 6.45) is 0. The molecule has 0 fully saturated rings. The summed E-state index contributed by atoms with van der Waals surface area (Å²) in [6, 6.07) is 33.1. The highest BCUT2D eigenvalue weighted by Crippen LogP contribution is 2.16. The topological polar surface area (TPSA) is 85.3 Å². The summed E-state index contributed by atoms with van der Waals surface area (Å²) >= 11 is 0. The Bertz CT molecular complexity index is 1240. The van der Waals surface area contributed by atoms with E-state index in [0.717, 1.165) is 16.9 Å². The van der Waals surface area contributed by atoms with Gasteiger partial charge in [0.1, 0.15) is 24.7 Å². The first-order valence-electron chi connectivity index (χ1n) is 11.6. The first-order chi connectivity index (χ1) is 18.0. The van der Waals surface area contributed by atoms with Crippen LogP contribution in [0.3, 0.4) is 0 Å². The van der Waals surface area contributed by atoms with Crippen molar-refractivity contribution in [3.05, 3.63) is 131 Å². The number of hydroxylamine groups is 2. The van der Waals surface area contributed by atoms with Crippen LogP contribution in [0.5, 0.6) is 11.5 Å². The molecular weight excluding hydrogens is 470 g/mol. The molecule has 4 aromatic carbocycles. The van der Waals surface area contributed by atoms with Crippen LogP contribution in [0.2, 0.25) is 0 Å². The highest BCUT2D eigenvalue weighted by molar-refractivity contribution is 5.93. The van der Waals surface area contributed by atoms with Crippen LogP contribution in [0, 0.1) is 0 Å². The van der Waals surface area contributed by atoms with E-state index in [2.05, 4.69) is 0 Å². The zero-order valence-corrected chi connectivity index (χ0v) is 20.7. The Hall–Kier alpha value is -4.62. The number of hydrogen-bond donors (Lipinski definition) is 1. The smallest absolute Gasteiger partial charge is 0.335 e. The molecule has 7 heteroatoms. The molecule has 190 valence electrons. The van der Waals surface area contributed by atoms with Crippen molar-refractivity contribution >= 4 is 11.9 Å². The molecule has 4 aromatic rings. The SMILES string of the molecule is CON(C)C(=O)c1ccc(OCc2ccccc2)cc1.O=C(O)c1ccc(OCc2ccccc2)cc1. The van der Waals surface area contributed by atoms with Crippen molar-refractivity contribution in [2.45, 2.75) is 13.2 Å². The second-order valence-corrected chi connectivity index (χ2v) is 7.89. The lowest BCUT2D eigenvalue weighted by molar-refractivity contribution is -0.0757. The van der Waals surface area contributed by atoms with E-state index in [1.54, 1.807) is 43.4 Å². The predicted octanol–water partition coefficient (Wildman–Crippen LogP) is 5.86. The molecule has 0 heterocycles. The van der Waals surface area contributed by atoms with Gasteiger partial charge in [-0.1, -0.05) is 60.7 Å². The molecule has 0 aliphatic heterocycles. The minimum Gasteiger partial charge on any atom is -0.489 e. The molecule has 0 aliphatic carbocycles. The number of amides is 1. The molecule has 37 heavy (non-hydrogen) atoms. The Balaban J connectivity index is 0.000000208. The predicted molar refractivity (Wildman–Crippen MR) is 140 cm³/mol. The highest BCUT2D eigenvalue weighted by Gasteiger charge is 2.10. The molecule has 0 radical (unpaired) electrons. The van der Waals surface area contributed by atoms with Gasteiger partial charge in [-0.3, -0.25) is 9.63 Å². The molecule has 0 unspecified atom stereocenters. The number of benzene rings is 4. The van der Waals surface area contributed by atoms with Gasteiger partial charge in [-0.05, 0) is 59.7 Å². The third-order valence-corrected chi connectivity index (χ3v) is 5.26. The monoisotopic (exact) mass is 499 g/mol. The van der Waals surface area contributed by atoms with Gasteiger partial charge in [0.05, 0.1) is 12.7 Å². The van der Waals surface area contributed by atoms with E-state index in [0.29, 0.717) is 24.5 Å². The van der Waals surface area contributed by atoms with E-state index in [1.165, 1.54) is 24.3 Å². The Morgan fingerprint density at radius 2 is 1.05 bits per heavy atom. The van der Waals surface area contributed by atoms with Crippen LogP contribution in [0.1, 0.15) is 31.8 Å². The maximum atomic E-state index is 11.8. The number of carbonyl (C=O) groups excluding carboxylic acids is 1. The molecule has 0 saturated heterocycles. The standard InChI is InChI=1S/C16H17NO3.C14H12O3/c1-17(19-2)16(18)14-8-10-15(11-9-14)20-12-13-6-4-3-5-7-13;15-14(16)12-6-8-13(9-7-12)17-10-11-4-2-1-3-5-11/h3-11H,12H2,1-2H3;1-9H,10H2,(H,15,16). The zero-order valence-electron chi connectivity index (χ0n) is 20.7. The Kier molecular flexibility index (Phi) is 10.3. The van der Waals surface area contributed by atoms with Gasteiger partial charge < -0.3 is 14.6 Å². The van der Waals surface area contributed by atoms with E-state index in [-0.39, 0.29) is 11.5 Å². The van der Waals surface area contributed by atoms with Crippen molar-refractivity contribution in [1.82, 2.24) is 5.06 Å². The van der Waals surface area contributed by atoms with Crippen LogP contribution in [0.25, 0.3) is 0 Å². The van der Waals surface area contributed by atoms with E-state index >= 15 is 0 Å². The number of rotatable bonds is 9. The summed E-state index contributed by atoms with van der Waals surface area (Å²) in [6.45, 7) is 0.985. The van der Waals surface area contributed by atoms with E-state index < -0.39 is 5.97 Å². The second kappa shape index (κ2) is 14.1. The fourth-order valence-corrected chi connectivity index (χ4v) is 3.13. The fourth-order valence-electron chi connectivity index (χ4n) is 3.13. The van der Waals surface area contributed by atoms with Gasteiger partial charge in [-0.2, -0.15) is 0 Å². The van der Waals surface area contributed by atoms with Gasteiger partial charge in [0.2, 0.25) is 0 Å². The average Bonchev–Trinajstić information content (AvgIpc) is 2.96. The maximum Gasteiger partial charge on any atom is 0.335 e. The number of aromatic carboxylic acids is 1. The first-order valence-corrected chi connectivity index (χ1v) is 11.6. The van der Waals surface area contributed by atoms with Crippen molar-refractivity contribution in [3.8, 4) is 11.5 Å². The van der Waals surface area contributed by atoms with E-state index in [9.17, 15) is 9.59 Å². The van der Waals surface area contributed by atoms with E-state index in [4.69, 9.17) is 19.4 Å². The highest BCUT2D eigenvalue weighted by atomic mass is 16.7. The number of nitrogens with zero attached hydrogens (tertiary/aromatic N) is 1. The molecule has 1 N–H and O–H groups in total. The number of carbonyl (C=O) groups is 2. The number of carboxylic acid groups (broad SMARTS) is 1. The van der Waals surface area contributed by atoms with Crippen LogP contribution in [0.15, 0.2) is 109 Å². The van der Waals surface area contributed by atoms with Crippen molar-refractivity contribution < 1.29 is 29.0 Å². The number of hydrogen-bond acceptors (Lipinski definition) is 5. The molecule has 0 spiro atoms. The molecular formula is C30H29NO6. The third kappa shape index (κ3) is 8.83. The van der Waals surface area contributed by atoms with Crippen molar-refractivity contribution in [3.63, 3.8) is 0 Å². The first kappa shape index (κ1) is 27.0. The Morgan fingerprint density at radius 1 is 0.649 bits per heavy atom. The zero-order chi connectivity index (χ0) is 26.5. The van der Waals surface area contributed by atoms with Crippen LogP contribution < -0.4 is 9.47 Å². The molecule has 0 saturated carbocycles. The van der Waals surface area contributed by atoms with Gasteiger partial charge in [0.25, 0.3) is 5.91 Å². The normalized spacial score (nSPS) is 10.0. The molecule has 0 aliphatic rings. The van der Waals surface area contributed by atoms with Crippen molar-refractivity contribution in [1.29, 1.82) is 0 Å². The van der Waals surface area contributed by atoms with E-state index in [1.807, 2.05) is 60.7 Å². The van der Waals surface area contributed by atoms with Gasteiger partial charge >= 0.3 is 5.97 Å². The largest absolute Gasteiger partial charge is 0.489 e. The quantitative estimate of drug-likeness (QED) is 0.290. The molecule has 1 amide bonds. The second-order valence-electron chi connectivity index (χ2n) is 7.89. The van der Waals surface area contributed by atoms with Crippen LogP contribution in [-0.2, 0) is 18.1 Å². The van der Waals surface area contributed by atoms with Crippen molar-refractivity contribution in [2.75, 3.05) is 14.2 Å². The summed E-state index contributed by atoms with van der Waals surface area (Å²) < 4.78 is 11.2. The third-order valence-electron chi connectivity index (χ3n) is 5.26. The van der Waals surface area contributed by atoms with Gasteiger partial charge in [-0.25, -0.2) is 9.86 Å². The molecule has 0 bridgehead atoms. The molecule has 0 aromatic heterocycles. The summed E-state index contributed by atoms with van der Waals surface area (Å²) in [5, 5.41) is 9.92. The lowest BCUT2D eigenvalue weighted by atomic mass is 10.2. The number of ether oxygens (including phenoxy) is 2. The maximum absolute atomic E-state index is 11.8. The minimum atomic E-state index is -0.931. The van der Waals surface area contributed by atoms with Crippen molar-refractivity contribution in [2.24, 2.45) is 0 Å². The van der Waals surface area contributed by atoms with Gasteiger partial charge in [0.15, 0.2) is 0 Å². The average molecular weight is 500 g/mol. The summed E-state index contributed by atoms with van der Waals surface area (Å²) in [5.41, 5.74) is 3.00.